The molecule has 0 aromatic rings. The van der Waals surface area contributed by atoms with Gasteiger partial charge in [0, 0.05) is 11.6 Å². The quantitative estimate of drug-likeness (QED) is 0.533. The normalized spacial score (nSPS) is 27.4. The van der Waals surface area contributed by atoms with Crippen LogP contribution in [-0.2, 0) is 0 Å². The van der Waals surface area contributed by atoms with Crippen LogP contribution in [0.1, 0.15) is 19.8 Å². The minimum atomic E-state index is 0.148. The van der Waals surface area contributed by atoms with Crippen molar-refractivity contribution < 1.29 is 0 Å². The molecule has 0 bridgehead atoms. The van der Waals surface area contributed by atoms with Gasteiger partial charge in [-0.2, -0.15) is 0 Å². The molecular weight excluding hydrogens is 100 g/mol. The van der Waals surface area contributed by atoms with Crippen LogP contribution in [0.3, 0.4) is 0 Å². The second-order valence-corrected chi connectivity index (χ2v) is 2.74. The van der Waals surface area contributed by atoms with Crippen LogP contribution >= 0.6 is 0 Å². The van der Waals surface area contributed by atoms with Crippen LogP contribution in [0.5, 0.6) is 0 Å². The summed E-state index contributed by atoms with van der Waals surface area (Å²) in [4.78, 5) is 0. The molecule has 1 fully saturated rings. The van der Waals surface area contributed by atoms with Crippen molar-refractivity contribution in [1.29, 1.82) is 0 Å². The molecule has 0 aromatic heterocycles. The molecule has 3 N–H and O–H groups in total. The van der Waals surface area contributed by atoms with Gasteiger partial charge in [0.15, 0.2) is 0 Å². The van der Waals surface area contributed by atoms with E-state index in [-0.39, 0.29) is 5.54 Å². The average Bonchev–Trinajstić information content (AvgIpc) is 2.47. The minimum Gasteiger partial charge on any atom is -0.324 e. The van der Waals surface area contributed by atoms with Gasteiger partial charge in [-0.05, 0) is 26.8 Å². The molecule has 0 radical (unpaired) electrons. The summed E-state index contributed by atoms with van der Waals surface area (Å²) in [5.41, 5.74) is 5.99. The highest BCUT2D eigenvalue weighted by atomic mass is 15.0. The number of likely N-dealkylation sites (N-methyl/N-ethyl adjacent to an activating group) is 1. The summed E-state index contributed by atoms with van der Waals surface area (Å²) >= 11 is 0. The van der Waals surface area contributed by atoms with Gasteiger partial charge in [0.05, 0.1) is 0 Å². The van der Waals surface area contributed by atoms with Crippen LogP contribution in [0.15, 0.2) is 0 Å². The fraction of sp³-hybridized carbons (Fsp3) is 1.00. The van der Waals surface area contributed by atoms with Gasteiger partial charge >= 0.3 is 0 Å². The van der Waals surface area contributed by atoms with Gasteiger partial charge < -0.3 is 11.1 Å². The zero-order valence-electron chi connectivity index (χ0n) is 5.57. The Morgan fingerprint density at radius 1 is 1.62 bits per heavy atom. The topological polar surface area (TPSA) is 38.0 Å². The Labute approximate surface area is 50.4 Å². The van der Waals surface area contributed by atoms with Crippen LogP contribution in [-0.4, -0.2) is 18.6 Å². The summed E-state index contributed by atoms with van der Waals surface area (Å²) in [6.45, 7) is 2.13. The molecule has 1 rings (SSSR count). The lowest BCUT2D eigenvalue weighted by molar-refractivity contribution is 0.477. The van der Waals surface area contributed by atoms with Gasteiger partial charge in [0.2, 0.25) is 0 Å². The number of hydrogen-bond acceptors (Lipinski definition) is 2. The maximum atomic E-state index is 5.84. The lowest BCUT2D eigenvalue weighted by Crippen LogP contribution is -2.43. The van der Waals surface area contributed by atoms with Crippen molar-refractivity contribution in [3.8, 4) is 0 Å². The third-order valence-corrected chi connectivity index (χ3v) is 2.12. The lowest BCUT2D eigenvalue weighted by Gasteiger charge is -2.16. The number of nitrogens with one attached hydrogen (secondary N) is 1. The van der Waals surface area contributed by atoms with Crippen LogP contribution in [0, 0.1) is 0 Å². The van der Waals surface area contributed by atoms with Gasteiger partial charge in [-0.1, -0.05) is 0 Å². The van der Waals surface area contributed by atoms with Gasteiger partial charge in [-0.15, -0.1) is 0 Å². The van der Waals surface area contributed by atoms with Crippen LogP contribution in [0.25, 0.3) is 0 Å². The van der Waals surface area contributed by atoms with Crippen molar-refractivity contribution in [1.82, 2.24) is 5.32 Å². The minimum absolute atomic E-state index is 0.148. The predicted molar refractivity (Wildman–Crippen MR) is 34.7 cm³/mol. The number of hydrogen-bond donors (Lipinski definition) is 2. The first-order chi connectivity index (χ1) is 3.69. The molecule has 0 spiro atoms. The molecule has 1 atom stereocenters. The monoisotopic (exact) mass is 114 g/mol. The van der Waals surface area contributed by atoms with Crippen molar-refractivity contribution in [2.24, 2.45) is 5.73 Å². The highest BCUT2D eigenvalue weighted by Gasteiger charge is 2.42. The molecule has 0 unspecified atom stereocenters. The molecule has 0 aromatic carbocycles. The van der Waals surface area contributed by atoms with Gasteiger partial charge in [0.25, 0.3) is 0 Å². The molecule has 1 aliphatic carbocycles. The molecule has 2 nitrogen and oxygen atoms in total. The largest absolute Gasteiger partial charge is 0.324 e. The molecule has 0 heterocycles. The highest BCUT2D eigenvalue weighted by molar-refractivity contribution is 5.05. The SMILES string of the molecule is CN[C@@H](C)C1(N)CC1. The Bertz CT molecular complexity index is 86.5. The second kappa shape index (κ2) is 1.71. The average molecular weight is 114 g/mol. The third kappa shape index (κ3) is 0.858. The summed E-state index contributed by atoms with van der Waals surface area (Å²) in [6, 6.07) is 0.488. The molecule has 8 heavy (non-hydrogen) atoms. The molecule has 1 aliphatic rings. The highest BCUT2D eigenvalue weighted by Crippen LogP contribution is 2.35. The molecule has 1 saturated carbocycles. The summed E-state index contributed by atoms with van der Waals surface area (Å²) in [7, 11) is 1.96. The second-order valence-electron chi connectivity index (χ2n) is 2.74. The standard InChI is InChI=1S/C6H14N2/c1-5(8-2)6(7)3-4-6/h5,8H,3-4,7H2,1-2H3/t5-/m0/s1. The van der Waals surface area contributed by atoms with Crippen LogP contribution in [0.4, 0.5) is 0 Å². The van der Waals surface area contributed by atoms with Crippen molar-refractivity contribution in [3.05, 3.63) is 0 Å². The maximum Gasteiger partial charge on any atom is 0.0308 e. The van der Waals surface area contributed by atoms with E-state index in [4.69, 9.17) is 5.73 Å². The van der Waals surface area contributed by atoms with Crippen molar-refractivity contribution >= 4 is 0 Å². The van der Waals surface area contributed by atoms with Gasteiger partial charge in [-0.3, -0.25) is 0 Å². The van der Waals surface area contributed by atoms with E-state index in [1.54, 1.807) is 0 Å². The summed E-state index contributed by atoms with van der Waals surface area (Å²) in [5, 5.41) is 3.14. The van der Waals surface area contributed by atoms with Crippen molar-refractivity contribution in [3.63, 3.8) is 0 Å². The zero-order valence-corrected chi connectivity index (χ0v) is 5.57. The fourth-order valence-corrected chi connectivity index (χ4v) is 0.865. The molecule has 48 valence electrons. The van der Waals surface area contributed by atoms with E-state index in [0.717, 1.165) is 0 Å². The Morgan fingerprint density at radius 2 is 2.12 bits per heavy atom. The Hall–Kier alpha value is -0.0800. The first-order valence-electron chi connectivity index (χ1n) is 3.15. The molecule has 2 heteroatoms. The first kappa shape index (κ1) is 6.05. The van der Waals surface area contributed by atoms with Crippen molar-refractivity contribution in [2.75, 3.05) is 7.05 Å². The molecule has 0 amide bonds. The van der Waals surface area contributed by atoms with Crippen LogP contribution < -0.4 is 11.1 Å². The Balaban J connectivity index is 2.34. The van der Waals surface area contributed by atoms with Gasteiger partial charge in [-0.25, -0.2) is 0 Å². The first-order valence-corrected chi connectivity index (χ1v) is 3.15. The summed E-state index contributed by atoms with van der Waals surface area (Å²) < 4.78 is 0. The molecule has 0 aliphatic heterocycles. The maximum absolute atomic E-state index is 5.84. The zero-order chi connectivity index (χ0) is 6.20. The molecule has 0 saturated heterocycles. The number of rotatable bonds is 2. The fourth-order valence-electron chi connectivity index (χ4n) is 0.865. The number of nitrogens with two attached hydrogens (primary N) is 1. The van der Waals surface area contributed by atoms with Crippen molar-refractivity contribution in [2.45, 2.75) is 31.3 Å². The van der Waals surface area contributed by atoms with Gasteiger partial charge in [0.1, 0.15) is 0 Å². The smallest absolute Gasteiger partial charge is 0.0308 e. The summed E-state index contributed by atoms with van der Waals surface area (Å²) in [6.07, 6.45) is 2.38. The van der Waals surface area contributed by atoms with E-state index in [9.17, 15) is 0 Å². The van der Waals surface area contributed by atoms with E-state index in [2.05, 4.69) is 12.2 Å². The van der Waals surface area contributed by atoms with E-state index in [1.165, 1.54) is 12.8 Å². The van der Waals surface area contributed by atoms with Crippen LogP contribution in [0.2, 0.25) is 0 Å². The summed E-state index contributed by atoms with van der Waals surface area (Å²) in [5.74, 6) is 0. The van der Waals surface area contributed by atoms with E-state index in [1.807, 2.05) is 7.05 Å². The Morgan fingerprint density at radius 3 is 2.25 bits per heavy atom. The van der Waals surface area contributed by atoms with E-state index in [0.29, 0.717) is 6.04 Å². The third-order valence-electron chi connectivity index (χ3n) is 2.12. The molecular formula is C6H14N2. The Kier molecular flexibility index (Phi) is 1.29. The van der Waals surface area contributed by atoms with E-state index >= 15 is 0 Å². The lowest BCUT2D eigenvalue weighted by atomic mass is 10.1. The van der Waals surface area contributed by atoms with E-state index < -0.39 is 0 Å². The predicted octanol–water partition coefficient (Wildman–Crippen LogP) is 0.0856.